The number of nitrogens with two attached hydrogens (primary N) is 1. The van der Waals surface area contributed by atoms with Crippen LogP contribution in [0.1, 0.15) is 20.8 Å². The van der Waals surface area contributed by atoms with E-state index < -0.39 is 5.91 Å². The van der Waals surface area contributed by atoms with Gasteiger partial charge in [-0.25, -0.2) is 0 Å². The number of hydrogen-bond acceptors (Lipinski definition) is 3. The van der Waals surface area contributed by atoms with Crippen LogP contribution in [0.25, 0.3) is 0 Å². The summed E-state index contributed by atoms with van der Waals surface area (Å²) in [5.74, 6) is -0.766. The molecule has 5 heteroatoms. The number of amides is 2. The van der Waals surface area contributed by atoms with Crippen LogP contribution < -0.4 is 16.4 Å². The minimum Gasteiger partial charge on any atom is -0.368 e. The largest absolute Gasteiger partial charge is 0.368 e. The topological polar surface area (TPSA) is 84.2 Å². The van der Waals surface area contributed by atoms with Crippen LogP contribution in [0.15, 0.2) is 0 Å². The van der Waals surface area contributed by atoms with Gasteiger partial charge in [-0.15, -0.1) is 0 Å². The third-order valence-electron chi connectivity index (χ3n) is 1.24. The first kappa shape index (κ1) is 11.9. The zero-order chi connectivity index (χ0) is 10.5. The van der Waals surface area contributed by atoms with Crippen LogP contribution in [-0.2, 0) is 9.59 Å². The summed E-state index contributed by atoms with van der Waals surface area (Å²) in [5.41, 5.74) is 4.74. The molecule has 0 aliphatic rings. The van der Waals surface area contributed by atoms with Crippen molar-refractivity contribution in [2.24, 2.45) is 5.73 Å². The second kappa shape index (κ2) is 4.81. The second-order valence-electron chi connectivity index (χ2n) is 3.85. The predicted octanol–water partition coefficient (Wildman–Crippen LogP) is -1.02. The highest BCUT2D eigenvalue weighted by molar-refractivity contribution is 5.84. The normalized spacial score (nSPS) is 11.0. The van der Waals surface area contributed by atoms with Gasteiger partial charge in [0.15, 0.2) is 0 Å². The minimum atomic E-state index is -0.538. The maximum Gasteiger partial charge on any atom is 0.236 e. The molecule has 2 amide bonds. The molecule has 4 N–H and O–H groups in total. The van der Waals surface area contributed by atoms with Gasteiger partial charge in [-0.3, -0.25) is 9.59 Å². The first-order valence-electron chi connectivity index (χ1n) is 4.11. The molecule has 13 heavy (non-hydrogen) atoms. The van der Waals surface area contributed by atoms with Gasteiger partial charge in [0.05, 0.1) is 13.1 Å². The fraction of sp³-hybridized carbons (Fsp3) is 0.750. The lowest BCUT2D eigenvalue weighted by Crippen LogP contribution is -2.44. The molecule has 0 unspecified atom stereocenters. The lowest BCUT2D eigenvalue weighted by atomic mass is 10.1. The van der Waals surface area contributed by atoms with E-state index in [0.717, 1.165) is 0 Å². The van der Waals surface area contributed by atoms with E-state index in [1.165, 1.54) is 0 Å². The first-order chi connectivity index (χ1) is 5.81. The van der Waals surface area contributed by atoms with E-state index in [0.29, 0.717) is 0 Å². The molecular weight excluding hydrogens is 170 g/mol. The van der Waals surface area contributed by atoms with Crippen molar-refractivity contribution in [2.75, 3.05) is 13.1 Å². The maximum atomic E-state index is 11.0. The van der Waals surface area contributed by atoms with E-state index in [4.69, 9.17) is 5.73 Å². The Morgan fingerprint density at radius 1 is 1.23 bits per heavy atom. The molecular formula is C8H17N3O2. The number of nitrogens with one attached hydrogen (secondary N) is 2. The Bertz CT molecular complexity index is 196. The van der Waals surface area contributed by atoms with Gasteiger partial charge < -0.3 is 16.4 Å². The molecule has 0 radical (unpaired) electrons. The van der Waals surface area contributed by atoms with Crippen LogP contribution in [-0.4, -0.2) is 30.4 Å². The van der Waals surface area contributed by atoms with Gasteiger partial charge in [0.1, 0.15) is 0 Å². The fourth-order valence-electron chi connectivity index (χ4n) is 0.594. The minimum absolute atomic E-state index is 0.106. The van der Waals surface area contributed by atoms with Crippen molar-refractivity contribution in [2.45, 2.75) is 26.3 Å². The molecule has 0 aromatic rings. The monoisotopic (exact) mass is 187 g/mol. The first-order valence-corrected chi connectivity index (χ1v) is 4.11. The highest BCUT2D eigenvalue weighted by Gasteiger charge is 2.10. The molecule has 0 atom stereocenters. The number of carbonyl (C=O) groups is 2. The number of primary amides is 1. The Morgan fingerprint density at radius 2 is 1.77 bits per heavy atom. The Hall–Kier alpha value is -1.10. The highest BCUT2D eigenvalue weighted by atomic mass is 16.2. The molecule has 0 aromatic heterocycles. The van der Waals surface area contributed by atoms with E-state index in [1.807, 2.05) is 20.8 Å². The van der Waals surface area contributed by atoms with Crippen LogP contribution in [0.5, 0.6) is 0 Å². The van der Waals surface area contributed by atoms with E-state index >= 15 is 0 Å². The van der Waals surface area contributed by atoms with Crippen molar-refractivity contribution in [1.29, 1.82) is 0 Å². The molecule has 0 aromatic carbocycles. The summed E-state index contributed by atoms with van der Waals surface area (Å²) in [4.78, 5) is 21.3. The third-order valence-corrected chi connectivity index (χ3v) is 1.24. The van der Waals surface area contributed by atoms with Crippen LogP contribution in [0, 0.1) is 0 Å². The lowest BCUT2D eigenvalue weighted by molar-refractivity contribution is -0.124. The molecule has 0 aliphatic heterocycles. The summed E-state index contributed by atoms with van der Waals surface area (Å²) >= 11 is 0. The SMILES string of the molecule is CC(C)(C)NCC(=O)NCC(N)=O. The maximum absolute atomic E-state index is 11.0. The number of hydrogen-bond donors (Lipinski definition) is 3. The van der Waals surface area contributed by atoms with Crippen molar-refractivity contribution in [1.82, 2.24) is 10.6 Å². The fourth-order valence-corrected chi connectivity index (χ4v) is 0.594. The predicted molar refractivity (Wildman–Crippen MR) is 50.0 cm³/mol. The van der Waals surface area contributed by atoms with Crippen molar-refractivity contribution >= 4 is 11.8 Å². The highest BCUT2D eigenvalue weighted by Crippen LogP contribution is 1.96. The van der Waals surface area contributed by atoms with E-state index in [9.17, 15) is 9.59 Å². The summed E-state index contributed by atoms with van der Waals surface area (Å²) in [6, 6.07) is 0. The summed E-state index contributed by atoms with van der Waals surface area (Å²) in [6.07, 6.45) is 0. The summed E-state index contributed by atoms with van der Waals surface area (Å²) in [5, 5.41) is 5.36. The smallest absolute Gasteiger partial charge is 0.236 e. The Labute approximate surface area is 78.1 Å². The van der Waals surface area contributed by atoms with Crippen LogP contribution >= 0.6 is 0 Å². The van der Waals surface area contributed by atoms with Gasteiger partial charge in [-0.2, -0.15) is 0 Å². The number of carbonyl (C=O) groups excluding carboxylic acids is 2. The van der Waals surface area contributed by atoms with Gasteiger partial charge in [-0.05, 0) is 20.8 Å². The van der Waals surface area contributed by atoms with E-state index in [-0.39, 0.29) is 24.5 Å². The van der Waals surface area contributed by atoms with E-state index in [1.54, 1.807) is 0 Å². The average Bonchev–Trinajstić information content (AvgIpc) is 1.95. The molecule has 0 aliphatic carbocycles. The molecule has 0 saturated carbocycles. The van der Waals surface area contributed by atoms with Gasteiger partial charge >= 0.3 is 0 Å². The quantitative estimate of drug-likeness (QED) is 0.526. The zero-order valence-electron chi connectivity index (χ0n) is 8.31. The lowest BCUT2D eigenvalue weighted by Gasteiger charge is -2.19. The van der Waals surface area contributed by atoms with Crippen molar-refractivity contribution in [3.8, 4) is 0 Å². The second-order valence-corrected chi connectivity index (χ2v) is 3.85. The Balaban J connectivity index is 3.58. The van der Waals surface area contributed by atoms with Crippen molar-refractivity contribution < 1.29 is 9.59 Å². The molecule has 0 saturated heterocycles. The summed E-state index contributed by atoms with van der Waals surface area (Å²) in [6.45, 7) is 5.94. The zero-order valence-corrected chi connectivity index (χ0v) is 8.31. The molecule has 0 fully saturated rings. The van der Waals surface area contributed by atoms with Gasteiger partial charge in [0.2, 0.25) is 11.8 Å². The van der Waals surface area contributed by atoms with E-state index in [2.05, 4.69) is 10.6 Å². The molecule has 5 nitrogen and oxygen atoms in total. The van der Waals surface area contributed by atoms with Crippen molar-refractivity contribution in [3.63, 3.8) is 0 Å². The van der Waals surface area contributed by atoms with Gasteiger partial charge in [0, 0.05) is 5.54 Å². The van der Waals surface area contributed by atoms with Gasteiger partial charge in [0.25, 0.3) is 0 Å². The molecule has 0 rings (SSSR count). The summed E-state index contributed by atoms with van der Waals surface area (Å²) < 4.78 is 0. The molecule has 0 spiro atoms. The van der Waals surface area contributed by atoms with Crippen LogP contribution in [0.2, 0.25) is 0 Å². The standard InChI is InChI=1S/C8H17N3O2/c1-8(2,3)11-5-7(13)10-4-6(9)12/h11H,4-5H2,1-3H3,(H2,9,12)(H,10,13). The Kier molecular flexibility index (Phi) is 4.40. The Morgan fingerprint density at radius 3 is 2.15 bits per heavy atom. The molecule has 76 valence electrons. The third kappa shape index (κ3) is 8.81. The molecule has 0 bridgehead atoms. The average molecular weight is 187 g/mol. The van der Waals surface area contributed by atoms with Crippen LogP contribution in [0.4, 0.5) is 0 Å². The molecule has 0 heterocycles. The number of rotatable bonds is 4. The summed E-state index contributed by atoms with van der Waals surface area (Å²) in [7, 11) is 0. The van der Waals surface area contributed by atoms with Gasteiger partial charge in [-0.1, -0.05) is 0 Å². The van der Waals surface area contributed by atoms with Crippen LogP contribution in [0.3, 0.4) is 0 Å². The van der Waals surface area contributed by atoms with Crippen molar-refractivity contribution in [3.05, 3.63) is 0 Å².